The summed E-state index contributed by atoms with van der Waals surface area (Å²) in [5, 5.41) is 8.93. The topological polar surface area (TPSA) is 55.1 Å². The zero-order valence-corrected chi connectivity index (χ0v) is 9.82. The number of halogens is 1. The summed E-state index contributed by atoms with van der Waals surface area (Å²) in [4.78, 5) is 16.0. The van der Waals surface area contributed by atoms with E-state index in [9.17, 15) is 9.18 Å². The number of nitrogens with zero attached hydrogens (tertiary/aromatic N) is 2. The van der Waals surface area contributed by atoms with E-state index in [2.05, 4.69) is 4.98 Å². The molecule has 90 valence electrons. The average molecular weight is 262 g/mol. The molecule has 18 heavy (non-hydrogen) atoms. The van der Waals surface area contributed by atoms with E-state index in [-0.39, 0.29) is 10.7 Å². The molecule has 2 aromatic heterocycles. The smallest absolute Gasteiger partial charge is 0.346 e. The SMILES string of the molecule is O=C(O)c1cc2ncn(-c3ccc(F)cc3)c2s1. The van der Waals surface area contributed by atoms with Crippen LogP contribution in [0.2, 0.25) is 0 Å². The molecule has 0 atom stereocenters. The van der Waals surface area contributed by atoms with Gasteiger partial charge in [0.2, 0.25) is 0 Å². The highest BCUT2D eigenvalue weighted by atomic mass is 32.1. The molecule has 4 nitrogen and oxygen atoms in total. The van der Waals surface area contributed by atoms with Crippen LogP contribution in [0.25, 0.3) is 16.0 Å². The highest BCUT2D eigenvalue weighted by Gasteiger charge is 2.13. The van der Waals surface area contributed by atoms with Crippen LogP contribution in [0.1, 0.15) is 9.67 Å². The third-order valence-electron chi connectivity index (χ3n) is 2.54. The zero-order valence-electron chi connectivity index (χ0n) is 9.00. The Kier molecular flexibility index (Phi) is 2.38. The Labute approximate surface area is 105 Å². The van der Waals surface area contributed by atoms with Crippen molar-refractivity contribution >= 4 is 27.7 Å². The maximum Gasteiger partial charge on any atom is 0.346 e. The predicted molar refractivity (Wildman–Crippen MR) is 65.9 cm³/mol. The summed E-state index contributed by atoms with van der Waals surface area (Å²) in [5.41, 5.74) is 1.37. The number of rotatable bonds is 2. The summed E-state index contributed by atoms with van der Waals surface area (Å²) in [6.45, 7) is 0. The Morgan fingerprint density at radius 2 is 2.06 bits per heavy atom. The molecule has 0 saturated heterocycles. The molecule has 3 aromatic rings. The van der Waals surface area contributed by atoms with E-state index < -0.39 is 5.97 Å². The number of carbonyl (C=O) groups is 1. The summed E-state index contributed by atoms with van der Waals surface area (Å²) in [5.74, 6) is -1.28. The molecule has 0 aliphatic carbocycles. The second-order valence-corrected chi connectivity index (χ2v) is 4.73. The molecule has 0 saturated carbocycles. The number of aromatic nitrogens is 2. The normalized spacial score (nSPS) is 10.9. The molecule has 0 spiro atoms. The lowest BCUT2D eigenvalue weighted by Gasteiger charge is -2.01. The summed E-state index contributed by atoms with van der Waals surface area (Å²) in [6.07, 6.45) is 1.60. The molecular formula is C12H7FN2O2S. The minimum Gasteiger partial charge on any atom is -0.477 e. The summed E-state index contributed by atoms with van der Waals surface area (Å²) in [7, 11) is 0. The predicted octanol–water partition coefficient (Wildman–Crippen LogP) is 2.92. The molecular weight excluding hydrogens is 255 g/mol. The molecule has 0 bridgehead atoms. The molecule has 0 radical (unpaired) electrons. The van der Waals surface area contributed by atoms with E-state index in [0.29, 0.717) is 5.52 Å². The molecule has 6 heteroatoms. The standard InChI is InChI=1S/C12H7FN2O2S/c13-7-1-3-8(4-2-7)15-6-14-9-5-10(12(16)17)18-11(9)15/h1-6H,(H,16,17). The van der Waals surface area contributed by atoms with Crippen LogP contribution in [0.3, 0.4) is 0 Å². The Hall–Kier alpha value is -2.21. The number of aromatic carboxylic acids is 1. The third-order valence-corrected chi connectivity index (χ3v) is 3.65. The first kappa shape index (κ1) is 10.9. The van der Waals surface area contributed by atoms with Gasteiger partial charge in [-0.3, -0.25) is 4.57 Å². The molecule has 0 aliphatic heterocycles. The largest absolute Gasteiger partial charge is 0.477 e. The second-order valence-electron chi connectivity index (χ2n) is 3.70. The van der Waals surface area contributed by atoms with E-state index in [4.69, 9.17) is 5.11 Å². The number of thiophene rings is 1. The molecule has 0 fully saturated rings. The molecule has 1 N–H and O–H groups in total. The van der Waals surface area contributed by atoms with Crippen LogP contribution in [-0.2, 0) is 0 Å². The highest BCUT2D eigenvalue weighted by Crippen LogP contribution is 2.27. The van der Waals surface area contributed by atoms with Gasteiger partial charge in [-0.15, -0.1) is 11.3 Å². The summed E-state index contributed by atoms with van der Waals surface area (Å²) < 4.78 is 14.6. The van der Waals surface area contributed by atoms with E-state index in [1.54, 1.807) is 23.0 Å². The van der Waals surface area contributed by atoms with Crippen molar-refractivity contribution in [2.24, 2.45) is 0 Å². The zero-order chi connectivity index (χ0) is 12.7. The number of fused-ring (bicyclic) bond motifs is 1. The quantitative estimate of drug-likeness (QED) is 0.772. The molecule has 1 aromatic carbocycles. The van der Waals surface area contributed by atoms with Crippen molar-refractivity contribution in [1.82, 2.24) is 9.55 Å². The van der Waals surface area contributed by atoms with Crippen LogP contribution < -0.4 is 0 Å². The van der Waals surface area contributed by atoms with Crippen molar-refractivity contribution in [3.8, 4) is 5.69 Å². The van der Waals surface area contributed by atoms with Crippen molar-refractivity contribution in [2.75, 3.05) is 0 Å². The number of carboxylic acid groups (broad SMARTS) is 1. The molecule has 3 rings (SSSR count). The molecule has 0 aliphatic rings. The van der Waals surface area contributed by atoms with Gasteiger partial charge >= 0.3 is 5.97 Å². The number of imidazole rings is 1. The first-order valence-corrected chi connectivity index (χ1v) is 5.93. The molecule has 0 unspecified atom stereocenters. The Bertz CT molecular complexity index is 730. The maximum atomic E-state index is 12.9. The van der Waals surface area contributed by atoms with Gasteiger partial charge < -0.3 is 5.11 Å². The van der Waals surface area contributed by atoms with Gasteiger partial charge in [-0.2, -0.15) is 0 Å². The van der Waals surface area contributed by atoms with Crippen LogP contribution >= 0.6 is 11.3 Å². The summed E-state index contributed by atoms with van der Waals surface area (Å²) in [6, 6.07) is 7.48. The number of benzene rings is 1. The van der Waals surface area contributed by atoms with Gasteiger partial charge in [-0.25, -0.2) is 14.2 Å². The fourth-order valence-corrected chi connectivity index (χ4v) is 2.63. The Balaban J connectivity index is 2.17. The lowest BCUT2D eigenvalue weighted by atomic mass is 10.3. The first-order valence-electron chi connectivity index (χ1n) is 5.11. The van der Waals surface area contributed by atoms with Gasteiger partial charge in [0.05, 0.1) is 0 Å². The first-order chi connectivity index (χ1) is 8.65. The van der Waals surface area contributed by atoms with Gasteiger partial charge in [0.25, 0.3) is 0 Å². The van der Waals surface area contributed by atoms with Crippen molar-refractivity contribution in [3.63, 3.8) is 0 Å². The second kappa shape index (κ2) is 3.92. The van der Waals surface area contributed by atoms with Crippen LogP contribution in [-0.4, -0.2) is 20.6 Å². The van der Waals surface area contributed by atoms with Gasteiger partial charge in [0.15, 0.2) is 0 Å². The number of carboxylic acids is 1. The fourth-order valence-electron chi connectivity index (χ4n) is 1.70. The van der Waals surface area contributed by atoms with E-state index >= 15 is 0 Å². The lowest BCUT2D eigenvalue weighted by Crippen LogP contribution is -1.92. The Morgan fingerprint density at radius 1 is 1.33 bits per heavy atom. The lowest BCUT2D eigenvalue weighted by molar-refractivity contribution is 0.0702. The summed E-state index contributed by atoms with van der Waals surface area (Å²) >= 11 is 1.14. The van der Waals surface area contributed by atoms with Gasteiger partial charge in [0, 0.05) is 5.69 Å². The van der Waals surface area contributed by atoms with Crippen molar-refractivity contribution in [1.29, 1.82) is 0 Å². The van der Waals surface area contributed by atoms with E-state index in [0.717, 1.165) is 21.9 Å². The van der Waals surface area contributed by atoms with E-state index in [1.807, 2.05) is 0 Å². The fraction of sp³-hybridized carbons (Fsp3) is 0. The molecule has 0 amide bonds. The van der Waals surface area contributed by atoms with E-state index in [1.165, 1.54) is 18.2 Å². The number of hydrogen-bond acceptors (Lipinski definition) is 3. The van der Waals surface area contributed by atoms with Crippen LogP contribution in [0.5, 0.6) is 0 Å². The van der Waals surface area contributed by atoms with Crippen molar-refractivity contribution < 1.29 is 14.3 Å². The van der Waals surface area contributed by atoms with Crippen LogP contribution in [0, 0.1) is 5.82 Å². The third kappa shape index (κ3) is 1.67. The molecule has 2 heterocycles. The minimum absolute atomic E-state index is 0.240. The Morgan fingerprint density at radius 3 is 2.72 bits per heavy atom. The van der Waals surface area contributed by atoms with Gasteiger partial charge in [0.1, 0.15) is 27.4 Å². The van der Waals surface area contributed by atoms with Crippen molar-refractivity contribution in [2.45, 2.75) is 0 Å². The van der Waals surface area contributed by atoms with Gasteiger partial charge in [-0.1, -0.05) is 0 Å². The van der Waals surface area contributed by atoms with Crippen LogP contribution in [0.15, 0.2) is 36.7 Å². The average Bonchev–Trinajstić information content (AvgIpc) is 2.89. The monoisotopic (exact) mass is 262 g/mol. The minimum atomic E-state index is -0.969. The number of hydrogen-bond donors (Lipinski definition) is 1. The maximum absolute atomic E-state index is 12.9. The van der Waals surface area contributed by atoms with Crippen LogP contribution in [0.4, 0.5) is 4.39 Å². The van der Waals surface area contributed by atoms with Gasteiger partial charge in [-0.05, 0) is 30.3 Å². The highest BCUT2D eigenvalue weighted by molar-refractivity contribution is 7.20. The van der Waals surface area contributed by atoms with Crippen molar-refractivity contribution in [3.05, 3.63) is 47.4 Å².